The third-order valence-electron chi connectivity index (χ3n) is 3.45. The van der Waals surface area contributed by atoms with Gasteiger partial charge in [-0.2, -0.15) is 11.8 Å². The maximum atomic E-state index is 12.2. The second-order valence-electron chi connectivity index (χ2n) is 5.57. The van der Waals surface area contributed by atoms with Crippen LogP contribution in [0.3, 0.4) is 0 Å². The van der Waals surface area contributed by atoms with Gasteiger partial charge in [0.05, 0.1) is 13.1 Å². The van der Waals surface area contributed by atoms with Crippen molar-refractivity contribution >= 4 is 35.5 Å². The molecule has 0 bridgehead atoms. The Morgan fingerprint density at radius 2 is 1.65 bits per heavy atom. The molecule has 0 heterocycles. The first-order valence-electron chi connectivity index (χ1n) is 8.34. The third-order valence-corrected chi connectivity index (χ3v) is 4.10. The van der Waals surface area contributed by atoms with Crippen LogP contribution in [0.4, 0.5) is 0 Å². The zero-order valence-electron chi connectivity index (χ0n) is 15.0. The summed E-state index contributed by atoms with van der Waals surface area (Å²) >= 11 is 1.47. The molecule has 150 valence electrons. The Hall–Kier alpha value is -1.85. The van der Waals surface area contributed by atoms with Crippen LogP contribution < -0.4 is 27.4 Å². The fourth-order valence-electron chi connectivity index (χ4n) is 2.04. The molecule has 0 aliphatic heterocycles. The third kappa shape index (κ3) is 10.9. The average Bonchev–Trinajstić information content (AvgIpc) is 2.61. The number of thioether (sulfide) groups is 1. The quantitative estimate of drug-likeness (QED) is 0.184. The predicted octanol–water partition coefficient (Wildman–Crippen LogP) is -2.00. The maximum absolute atomic E-state index is 12.2. The molecule has 26 heavy (non-hydrogen) atoms. The molecule has 10 nitrogen and oxygen atoms in total. The summed E-state index contributed by atoms with van der Waals surface area (Å²) in [7, 11) is 0. The molecule has 0 saturated carbocycles. The van der Waals surface area contributed by atoms with E-state index in [2.05, 4.69) is 16.0 Å². The van der Waals surface area contributed by atoms with Crippen molar-refractivity contribution < 1.29 is 24.3 Å². The van der Waals surface area contributed by atoms with E-state index >= 15 is 0 Å². The highest BCUT2D eigenvalue weighted by Crippen LogP contribution is 2.02. The van der Waals surface area contributed by atoms with Crippen LogP contribution in [0, 0.1) is 0 Å². The van der Waals surface area contributed by atoms with Gasteiger partial charge in [-0.1, -0.05) is 0 Å². The molecule has 0 spiro atoms. The summed E-state index contributed by atoms with van der Waals surface area (Å²) < 4.78 is 0. The van der Waals surface area contributed by atoms with Gasteiger partial charge in [0.15, 0.2) is 0 Å². The number of hydrogen-bond donors (Lipinski definition) is 6. The van der Waals surface area contributed by atoms with Crippen LogP contribution in [-0.2, 0) is 19.2 Å². The first kappa shape index (κ1) is 24.1. The fraction of sp³-hybridized carbons (Fsp3) is 0.733. The Balaban J connectivity index is 4.54. The summed E-state index contributed by atoms with van der Waals surface area (Å²) in [4.78, 5) is 46.6. The molecule has 0 aromatic rings. The number of nitrogens with two attached hydrogens (primary N) is 2. The Labute approximate surface area is 157 Å². The normalized spacial score (nSPS) is 12.7. The number of carboxylic acids is 1. The van der Waals surface area contributed by atoms with Crippen LogP contribution in [0.2, 0.25) is 0 Å². The van der Waals surface area contributed by atoms with Gasteiger partial charge in [-0.15, -0.1) is 0 Å². The second kappa shape index (κ2) is 14.3. The van der Waals surface area contributed by atoms with Crippen molar-refractivity contribution in [3.8, 4) is 0 Å². The number of carbonyl (C=O) groups is 4. The molecule has 8 N–H and O–H groups in total. The van der Waals surface area contributed by atoms with Crippen LogP contribution >= 0.6 is 11.8 Å². The molecule has 0 aliphatic carbocycles. The minimum atomic E-state index is -1.13. The zero-order valence-corrected chi connectivity index (χ0v) is 15.8. The minimum Gasteiger partial charge on any atom is -0.480 e. The van der Waals surface area contributed by atoms with Gasteiger partial charge in [0.1, 0.15) is 12.1 Å². The summed E-state index contributed by atoms with van der Waals surface area (Å²) in [5.41, 5.74) is 10.6. The van der Waals surface area contributed by atoms with Crippen molar-refractivity contribution in [1.29, 1.82) is 0 Å². The van der Waals surface area contributed by atoms with Crippen LogP contribution in [0.15, 0.2) is 0 Å². The van der Waals surface area contributed by atoms with Crippen molar-refractivity contribution in [3.63, 3.8) is 0 Å². The molecule has 2 atom stereocenters. The van der Waals surface area contributed by atoms with Crippen LogP contribution in [0.5, 0.6) is 0 Å². The highest BCUT2D eigenvalue weighted by molar-refractivity contribution is 7.98. The van der Waals surface area contributed by atoms with E-state index in [4.69, 9.17) is 16.6 Å². The Morgan fingerprint density at radius 3 is 2.19 bits per heavy atom. The number of rotatable bonds is 14. The fourth-order valence-corrected chi connectivity index (χ4v) is 2.52. The van der Waals surface area contributed by atoms with Gasteiger partial charge >= 0.3 is 5.97 Å². The van der Waals surface area contributed by atoms with E-state index < -0.39 is 35.8 Å². The van der Waals surface area contributed by atoms with E-state index in [0.717, 1.165) is 0 Å². The van der Waals surface area contributed by atoms with Gasteiger partial charge in [-0.25, -0.2) is 4.79 Å². The monoisotopic (exact) mass is 391 g/mol. The number of hydrogen-bond acceptors (Lipinski definition) is 7. The van der Waals surface area contributed by atoms with E-state index in [1.807, 2.05) is 6.26 Å². The molecule has 0 aromatic heterocycles. The molecule has 0 rings (SSSR count). The van der Waals surface area contributed by atoms with Crippen molar-refractivity contribution in [2.75, 3.05) is 31.6 Å². The predicted molar refractivity (Wildman–Crippen MR) is 99.5 cm³/mol. The first-order chi connectivity index (χ1) is 12.3. The van der Waals surface area contributed by atoms with E-state index in [-0.39, 0.29) is 19.5 Å². The molecular weight excluding hydrogens is 362 g/mol. The van der Waals surface area contributed by atoms with E-state index in [9.17, 15) is 19.2 Å². The summed E-state index contributed by atoms with van der Waals surface area (Å²) in [5.74, 6) is -2.18. The maximum Gasteiger partial charge on any atom is 0.326 e. The van der Waals surface area contributed by atoms with Gasteiger partial charge in [0.2, 0.25) is 17.7 Å². The summed E-state index contributed by atoms with van der Waals surface area (Å²) in [6, 6.07) is -1.83. The number of nitrogens with one attached hydrogen (secondary N) is 3. The van der Waals surface area contributed by atoms with Gasteiger partial charge in [-0.3, -0.25) is 14.4 Å². The van der Waals surface area contributed by atoms with E-state index in [1.54, 1.807) is 0 Å². The van der Waals surface area contributed by atoms with Crippen LogP contribution in [0.1, 0.15) is 25.7 Å². The highest BCUT2D eigenvalue weighted by Gasteiger charge is 2.22. The molecule has 0 saturated heterocycles. The summed E-state index contributed by atoms with van der Waals surface area (Å²) in [5, 5.41) is 16.3. The Kier molecular flexibility index (Phi) is 13.3. The summed E-state index contributed by atoms with van der Waals surface area (Å²) in [6.07, 6.45) is 3.80. The SMILES string of the molecule is CSCCC(NC(=O)CNC(=O)C(CCCCN)NC(=O)CN)C(=O)O. The lowest BCUT2D eigenvalue weighted by atomic mass is 10.1. The van der Waals surface area contributed by atoms with Crippen molar-refractivity contribution in [2.45, 2.75) is 37.8 Å². The lowest BCUT2D eigenvalue weighted by Gasteiger charge is -2.19. The summed E-state index contributed by atoms with van der Waals surface area (Å²) in [6.45, 7) is -0.168. The molecule has 0 radical (unpaired) electrons. The number of carboxylic acid groups (broad SMARTS) is 1. The average molecular weight is 391 g/mol. The number of amides is 3. The Morgan fingerprint density at radius 1 is 1.00 bits per heavy atom. The standard InChI is InChI=1S/C15H29N5O5S/c1-26-7-5-11(15(24)25)20-13(22)9-18-14(23)10(4-2-3-6-16)19-12(21)8-17/h10-11H,2-9,16-17H2,1H3,(H,18,23)(H,19,21)(H,20,22)(H,24,25). The number of carbonyl (C=O) groups excluding carboxylic acids is 3. The number of unbranched alkanes of at least 4 members (excludes halogenated alkanes) is 1. The van der Waals surface area contributed by atoms with Gasteiger partial charge < -0.3 is 32.5 Å². The number of aliphatic carboxylic acids is 1. The largest absolute Gasteiger partial charge is 0.480 e. The molecule has 2 unspecified atom stereocenters. The molecule has 11 heteroatoms. The minimum absolute atomic E-state index is 0.253. The second-order valence-corrected chi connectivity index (χ2v) is 6.55. The highest BCUT2D eigenvalue weighted by atomic mass is 32.2. The zero-order chi connectivity index (χ0) is 19.9. The Bertz CT molecular complexity index is 477. The molecule has 0 fully saturated rings. The van der Waals surface area contributed by atoms with Gasteiger partial charge in [0, 0.05) is 0 Å². The van der Waals surface area contributed by atoms with Crippen LogP contribution in [0.25, 0.3) is 0 Å². The molecular formula is C15H29N5O5S. The molecule has 0 aromatic carbocycles. The van der Waals surface area contributed by atoms with E-state index in [0.29, 0.717) is 31.6 Å². The topological polar surface area (TPSA) is 177 Å². The van der Waals surface area contributed by atoms with Crippen molar-refractivity contribution in [3.05, 3.63) is 0 Å². The van der Waals surface area contributed by atoms with Crippen molar-refractivity contribution in [1.82, 2.24) is 16.0 Å². The lowest BCUT2D eigenvalue weighted by Crippen LogP contribution is -2.51. The first-order valence-corrected chi connectivity index (χ1v) is 9.73. The van der Waals surface area contributed by atoms with Gasteiger partial charge in [-0.05, 0) is 44.2 Å². The van der Waals surface area contributed by atoms with Gasteiger partial charge in [0.25, 0.3) is 0 Å². The lowest BCUT2D eigenvalue weighted by molar-refractivity contribution is -0.141. The van der Waals surface area contributed by atoms with E-state index in [1.165, 1.54) is 11.8 Å². The van der Waals surface area contributed by atoms with Crippen LogP contribution in [-0.4, -0.2) is 72.5 Å². The van der Waals surface area contributed by atoms with Crippen molar-refractivity contribution in [2.24, 2.45) is 11.5 Å². The smallest absolute Gasteiger partial charge is 0.326 e. The molecule has 0 aliphatic rings. The molecule has 3 amide bonds.